The summed E-state index contributed by atoms with van der Waals surface area (Å²) in [5.74, 6) is 0.0833. The number of hydrogen-bond acceptors (Lipinski definition) is 3. The number of H-pyrrole nitrogens is 1. The lowest BCUT2D eigenvalue weighted by Crippen LogP contribution is -2.23. The summed E-state index contributed by atoms with van der Waals surface area (Å²) in [6, 6.07) is 17.1. The summed E-state index contributed by atoms with van der Waals surface area (Å²) in [5.41, 5.74) is 3.85. The average molecular weight is 357 g/mol. The number of aromatic nitrogens is 2. The second-order valence-corrected chi connectivity index (χ2v) is 6.37. The van der Waals surface area contributed by atoms with Gasteiger partial charge in [-0.25, -0.2) is 0 Å². The number of amides is 1. The number of phenols is 1. The van der Waals surface area contributed by atoms with Gasteiger partial charge in [0.15, 0.2) is 0 Å². The van der Waals surface area contributed by atoms with Crippen LogP contribution in [0.4, 0.5) is 0 Å². The van der Waals surface area contributed by atoms with Crippen LogP contribution in [-0.4, -0.2) is 27.5 Å². The number of carbonyl (C=O) groups excluding carboxylic acids is 1. The maximum Gasteiger partial charge on any atom is 0.244 e. The van der Waals surface area contributed by atoms with E-state index in [1.54, 1.807) is 24.4 Å². The molecule has 1 amide bonds. The van der Waals surface area contributed by atoms with E-state index in [4.69, 9.17) is 0 Å². The van der Waals surface area contributed by atoms with Gasteiger partial charge in [0.05, 0.1) is 17.4 Å². The number of benzene rings is 2. The summed E-state index contributed by atoms with van der Waals surface area (Å²) in [6.45, 7) is 0.531. The number of hydrogen-bond donors (Lipinski definition) is 3. The van der Waals surface area contributed by atoms with Gasteiger partial charge in [0.1, 0.15) is 5.75 Å². The Morgan fingerprint density at radius 2 is 1.89 bits per heavy atom. The Bertz CT molecular complexity index is 1130. The van der Waals surface area contributed by atoms with Gasteiger partial charge in [-0.05, 0) is 42.3 Å². The lowest BCUT2D eigenvalue weighted by atomic mass is 10.1. The Morgan fingerprint density at radius 1 is 1.07 bits per heavy atom. The predicted octanol–water partition coefficient (Wildman–Crippen LogP) is 3.79. The summed E-state index contributed by atoms with van der Waals surface area (Å²) < 4.78 is 0. The van der Waals surface area contributed by atoms with Gasteiger partial charge in [0.25, 0.3) is 0 Å². The van der Waals surface area contributed by atoms with Crippen LogP contribution in [0.3, 0.4) is 0 Å². The van der Waals surface area contributed by atoms with Crippen molar-refractivity contribution in [2.24, 2.45) is 0 Å². The third kappa shape index (κ3) is 3.82. The normalized spacial score (nSPS) is 11.4. The van der Waals surface area contributed by atoms with Gasteiger partial charge in [-0.2, -0.15) is 0 Å². The molecule has 134 valence electrons. The molecule has 27 heavy (non-hydrogen) atoms. The molecule has 0 unspecified atom stereocenters. The van der Waals surface area contributed by atoms with Crippen LogP contribution in [0.2, 0.25) is 0 Å². The highest BCUT2D eigenvalue weighted by molar-refractivity contribution is 6.07. The SMILES string of the molecule is O=C(/C=C/c1cc2c(cn1)[nH]c1ccccc12)NCCc1ccc(O)cc1. The lowest BCUT2D eigenvalue weighted by Gasteiger charge is -2.03. The molecule has 3 N–H and O–H groups in total. The van der Waals surface area contributed by atoms with E-state index < -0.39 is 0 Å². The van der Waals surface area contributed by atoms with Crippen LogP contribution in [0.15, 0.2) is 66.9 Å². The number of nitrogens with one attached hydrogen (secondary N) is 2. The minimum Gasteiger partial charge on any atom is -0.508 e. The quantitative estimate of drug-likeness (QED) is 0.476. The predicted molar refractivity (Wildman–Crippen MR) is 107 cm³/mol. The zero-order valence-electron chi connectivity index (χ0n) is 14.6. The average Bonchev–Trinajstić information content (AvgIpc) is 3.06. The molecule has 0 saturated carbocycles. The molecule has 4 rings (SSSR count). The molecule has 5 nitrogen and oxygen atoms in total. The smallest absolute Gasteiger partial charge is 0.244 e. The fourth-order valence-electron chi connectivity index (χ4n) is 3.07. The molecule has 0 fully saturated rings. The molecule has 0 aliphatic carbocycles. The van der Waals surface area contributed by atoms with Crippen LogP contribution in [0.1, 0.15) is 11.3 Å². The van der Waals surface area contributed by atoms with Crippen LogP contribution in [0.25, 0.3) is 27.9 Å². The van der Waals surface area contributed by atoms with Crippen LogP contribution >= 0.6 is 0 Å². The summed E-state index contributed by atoms with van der Waals surface area (Å²) >= 11 is 0. The zero-order valence-corrected chi connectivity index (χ0v) is 14.6. The molecule has 0 radical (unpaired) electrons. The fourth-order valence-corrected chi connectivity index (χ4v) is 3.07. The van der Waals surface area contributed by atoms with E-state index in [2.05, 4.69) is 21.4 Å². The second-order valence-electron chi connectivity index (χ2n) is 6.37. The lowest BCUT2D eigenvalue weighted by molar-refractivity contribution is -0.116. The number of pyridine rings is 1. The number of carbonyl (C=O) groups is 1. The van der Waals surface area contributed by atoms with Crippen molar-refractivity contribution >= 4 is 33.8 Å². The van der Waals surface area contributed by atoms with E-state index in [-0.39, 0.29) is 11.7 Å². The van der Waals surface area contributed by atoms with E-state index in [0.29, 0.717) is 13.0 Å². The van der Waals surface area contributed by atoms with Gasteiger partial charge < -0.3 is 15.4 Å². The fraction of sp³-hybridized carbons (Fsp3) is 0.0909. The van der Waals surface area contributed by atoms with Crippen molar-refractivity contribution in [1.82, 2.24) is 15.3 Å². The van der Waals surface area contributed by atoms with Crippen molar-refractivity contribution in [1.29, 1.82) is 0 Å². The number of rotatable bonds is 5. The van der Waals surface area contributed by atoms with Crippen LogP contribution in [-0.2, 0) is 11.2 Å². The molecule has 4 aromatic rings. The molecule has 0 atom stereocenters. The second kappa shape index (κ2) is 7.33. The number of phenolic OH excluding ortho intramolecular Hbond substituents is 1. The first-order chi connectivity index (χ1) is 13.2. The number of nitrogens with zero attached hydrogens (tertiary/aromatic N) is 1. The molecule has 5 heteroatoms. The number of aromatic hydroxyl groups is 1. The molecular formula is C22H19N3O2. The van der Waals surface area contributed by atoms with Gasteiger partial charge in [-0.15, -0.1) is 0 Å². The maximum atomic E-state index is 12.0. The molecule has 0 spiro atoms. The van der Waals surface area contributed by atoms with Gasteiger partial charge in [-0.1, -0.05) is 30.3 Å². The third-order valence-corrected chi connectivity index (χ3v) is 4.47. The highest BCUT2D eigenvalue weighted by Gasteiger charge is 2.04. The van der Waals surface area contributed by atoms with Gasteiger partial charge in [-0.3, -0.25) is 9.78 Å². The van der Waals surface area contributed by atoms with E-state index in [1.165, 1.54) is 6.08 Å². The largest absolute Gasteiger partial charge is 0.508 e. The van der Waals surface area contributed by atoms with Crippen molar-refractivity contribution in [3.63, 3.8) is 0 Å². The molecule has 0 saturated heterocycles. The minimum absolute atomic E-state index is 0.158. The van der Waals surface area contributed by atoms with E-state index in [9.17, 15) is 9.90 Å². The zero-order chi connectivity index (χ0) is 18.6. The summed E-state index contributed by atoms with van der Waals surface area (Å²) in [6.07, 6.45) is 5.72. The van der Waals surface area contributed by atoms with Gasteiger partial charge in [0.2, 0.25) is 5.91 Å². The molecule has 0 aliphatic rings. The minimum atomic E-state index is -0.158. The van der Waals surface area contributed by atoms with Crippen molar-refractivity contribution < 1.29 is 9.90 Å². The standard InChI is InChI=1S/C22H19N3O2/c26-17-8-5-15(6-9-17)11-12-23-22(27)10-7-16-13-19-18-3-1-2-4-20(18)25-21(19)14-24-16/h1-10,13-14,25-26H,11-12H2,(H,23,27)/b10-7+. The highest BCUT2D eigenvalue weighted by atomic mass is 16.3. The topological polar surface area (TPSA) is 78.0 Å². The third-order valence-electron chi connectivity index (χ3n) is 4.47. The molecule has 2 aromatic carbocycles. The van der Waals surface area contributed by atoms with E-state index >= 15 is 0 Å². The summed E-state index contributed by atoms with van der Waals surface area (Å²) in [5, 5.41) is 14.4. The van der Waals surface area contributed by atoms with Crippen LogP contribution in [0.5, 0.6) is 5.75 Å². The van der Waals surface area contributed by atoms with Crippen molar-refractivity contribution in [2.45, 2.75) is 6.42 Å². The monoisotopic (exact) mass is 357 g/mol. The molecule has 2 aromatic heterocycles. The first-order valence-electron chi connectivity index (χ1n) is 8.79. The first-order valence-corrected chi connectivity index (χ1v) is 8.79. The van der Waals surface area contributed by atoms with Crippen molar-refractivity contribution in [2.75, 3.05) is 6.54 Å². The Balaban J connectivity index is 1.40. The molecular weight excluding hydrogens is 338 g/mol. The van der Waals surface area contributed by atoms with Gasteiger partial charge >= 0.3 is 0 Å². The highest BCUT2D eigenvalue weighted by Crippen LogP contribution is 2.25. The molecule has 2 heterocycles. The number of fused-ring (bicyclic) bond motifs is 3. The number of aromatic amines is 1. The van der Waals surface area contributed by atoms with Crippen LogP contribution in [0, 0.1) is 0 Å². The van der Waals surface area contributed by atoms with Crippen molar-refractivity contribution in [3.05, 3.63) is 78.1 Å². The van der Waals surface area contributed by atoms with E-state index in [1.807, 2.05) is 36.4 Å². The molecule has 0 aliphatic heterocycles. The molecule has 0 bridgehead atoms. The Morgan fingerprint density at radius 3 is 2.74 bits per heavy atom. The Kier molecular flexibility index (Phi) is 4.58. The Labute approximate surface area is 156 Å². The summed E-state index contributed by atoms with van der Waals surface area (Å²) in [4.78, 5) is 19.7. The number of para-hydroxylation sites is 1. The summed E-state index contributed by atoms with van der Waals surface area (Å²) in [7, 11) is 0. The first kappa shape index (κ1) is 16.8. The van der Waals surface area contributed by atoms with Crippen LogP contribution < -0.4 is 5.32 Å². The Hall–Kier alpha value is -3.60. The maximum absolute atomic E-state index is 12.0. The van der Waals surface area contributed by atoms with E-state index in [0.717, 1.165) is 33.1 Å². The van der Waals surface area contributed by atoms with Crippen molar-refractivity contribution in [3.8, 4) is 5.75 Å². The van der Waals surface area contributed by atoms with Gasteiger partial charge in [0, 0.05) is 28.9 Å².